The van der Waals surface area contributed by atoms with Crippen LogP contribution in [0.15, 0.2) is 0 Å². The van der Waals surface area contributed by atoms with Gasteiger partial charge in [-0.05, 0) is 6.42 Å². The lowest BCUT2D eigenvalue weighted by atomic mass is 10.1. The largest absolute Gasteiger partial charge is 0.359 e. The Hall–Kier alpha value is -1.10. The SMILES string of the molecule is CCC[C@H](N)C(=O)N(C)CCC(=O)NC. The number of hydrogen-bond donors (Lipinski definition) is 2. The van der Waals surface area contributed by atoms with E-state index in [2.05, 4.69) is 5.32 Å². The van der Waals surface area contributed by atoms with Crippen LogP contribution in [0, 0.1) is 0 Å². The van der Waals surface area contributed by atoms with Crippen molar-refractivity contribution < 1.29 is 9.59 Å². The average molecular weight is 215 g/mol. The quantitative estimate of drug-likeness (QED) is 0.639. The van der Waals surface area contributed by atoms with Crippen molar-refractivity contribution in [2.24, 2.45) is 5.73 Å². The fourth-order valence-electron chi connectivity index (χ4n) is 1.22. The van der Waals surface area contributed by atoms with Crippen LogP contribution in [0.1, 0.15) is 26.2 Å². The molecule has 0 unspecified atom stereocenters. The molecule has 0 aliphatic heterocycles. The van der Waals surface area contributed by atoms with Gasteiger partial charge in [0.25, 0.3) is 0 Å². The second-order valence-corrected chi connectivity index (χ2v) is 3.58. The summed E-state index contributed by atoms with van der Waals surface area (Å²) in [7, 11) is 3.24. The predicted molar refractivity (Wildman–Crippen MR) is 59.2 cm³/mol. The summed E-state index contributed by atoms with van der Waals surface area (Å²) in [6.07, 6.45) is 1.89. The number of rotatable bonds is 6. The summed E-state index contributed by atoms with van der Waals surface area (Å²) in [6.45, 7) is 2.40. The van der Waals surface area contributed by atoms with Crippen LogP contribution in [-0.4, -0.2) is 43.4 Å². The molecule has 5 heteroatoms. The van der Waals surface area contributed by atoms with E-state index in [1.165, 1.54) is 4.90 Å². The van der Waals surface area contributed by atoms with Gasteiger partial charge in [-0.3, -0.25) is 9.59 Å². The molecule has 0 aromatic heterocycles. The third-order valence-electron chi connectivity index (χ3n) is 2.25. The van der Waals surface area contributed by atoms with Gasteiger partial charge in [0.2, 0.25) is 11.8 Å². The molecule has 0 aromatic carbocycles. The summed E-state index contributed by atoms with van der Waals surface area (Å²) in [6, 6.07) is -0.440. The maximum absolute atomic E-state index is 11.6. The van der Waals surface area contributed by atoms with Crippen molar-refractivity contribution >= 4 is 11.8 Å². The van der Waals surface area contributed by atoms with Gasteiger partial charge >= 0.3 is 0 Å². The van der Waals surface area contributed by atoms with E-state index < -0.39 is 6.04 Å². The summed E-state index contributed by atoms with van der Waals surface area (Å²) in [5, 5.41) is 2.51. The first-order chi connectivity index (χ1) is 7.02. The van der Waals surface area contributed by atoms with Crippen molar-refractivity contribution in [1.82, 2.24) is 10.2 Å². The molecule has 0 rings (SSSR count). The van der Waals surface area contributed by atoms with Gasteiger partial charge in [0, 0.05) is 27.1 Å². The maximum Gasteiger partial charge on any atom is 0.239 e. The van der Waals surface area contributed by atoms with E-state index in [1.54, 1.807) is 14.1 Å². The summed E-state index contributed by atoms with van der Waals surface area (Å²) >= 11 is 0. The lowest BCUT2D eigenvalue weighted by molar-refractivity contribution is -0.132. The molecule has 0 saturated carbocycles. The standard InChI is InChI=1S/C10H21N3O2/c1-4-5-8(11)10(15)13(3)7-6-9(14)12-2/h8H,4-7,11H2,1-3H3,(H,12,14)/t8-/m0/s1. The van der Waals surface area contributed by atoms with Crippen LogP contribution < -0.4 is 11.1 Å². The summed E-state index contributed by atoms with van der Waals surface area (Å²) in [4.78, 5) is 24.1. The molecule has 88 valence electrons. The van der Waals surface area contributed by atoms with Gasteiger partial charge in [-0.2, -0.15) is 0 Å². The molecular weight excluding hydrogens is 194 g/mol. The van der Waals surface area contributed by atoms with E-state index in [0.29, 0.717) is 19.4 Å². The van der Waals surface area contributed by atoms with Gasteiger partial charge in [0.05, 0.1) is 6.04 Å². The Bertz CT molecular complexity index is 219. The van der Waals surface area contributed by atoms with Gasteiger partial charge in [0.1, 0.15) is 0 Å². The molecule has 0 aromatic rings. The first-order valence-corrected chi connectivity index (χ1v) is 5.24. The van der Waals surface area contributed by atoms with Crippen molar-refractivity contribution in [2.75, 3.05) is 20.6 Å². The van der Waals surface area contributed by atoms with Crippen LogP contribution in [0.3, 0.4) is 0 Å². The lowest BCUT2D eigenvalue weighted by Gasteiger charge is -2.20. The highest BCUT2D eigenvalue weighted by Crippen LogP contribution is 1.99. The molecule has 0 fully saturated rings. The van der Waals surface area contributed by atoms with Crippen LogP contribution in [0.5, 0.6) is 0 Å². The number of likely N-dealkylation sites (N-methyl/N-ethyl adjacent to an activating group) is 1. The van der Waals surface area contributed by atoms with E-state index in [0.717, 1.165) is 6.42 Å². The molecule has 0 aliphatic rings. The molecule has 0 heterocycles. The van der Waals surface area contributed by atoms with Crippen LogP contribution in [-0.2, 0) is 9.59 Å². The Kier molecular flexibility index (Phi) is 6.70. The van der Waals surface area contributed by atoms with Crippen molar-refractivity contribution in [3.63, 3.8) is 0 Å². The van der Waals surface area contributed by atoms with Gasteiger partial charge in [-0.25, -0.2) is 0 Å². The molecule has 3 N–H and O–H groups in total. The molecule has 1 atom stereocenters. The smallest absolute Gasteiger partial charge is 0.239 e. The van der Waals surface area contributed by atoms with E-state index >= 15 is 0 Å². The Labute approximate surface area is 91.0 Å². The van der Waals surface area contributed by atoms with Crippen molar-refractivity contribution in [2.45, 2.75) is 32.2 Å². The molecule has 2 amide bonds. The summed E-state index contributed by atoms with van der Waals surface area (Å²) in [5.74, 6) is -0.167. The molecular formula is C10H21N3O2. The Morgan fingerprint density at radius 1 is 1.47 bits per heavy atom. The van der Waals surface area contributed by atoms with E-state index in [-0.39, 0.29) is 11.8 Å². The molecule has 0 radical (unpaired) electrons. The number of nitrogens with one attached hydrogen (secondary N) is 1. The van der Waals surface area contributed by atoms with Crippen molar-refractivity contribution in [1.29, 1.82) is 0 Å². The van der Waals surface area contributed by atoms with Crippen LogP contribution >= 0.6 is 0 Å². The topological polar surface area (TPSA) is 75.4 Å². The number of nitrogens with two attached hydrogens (primary N) is 1. The van der Waals surface area contributed by atoms with Crippen LogP contribution in [0.25, 0.3) is 0 Å². The third-order valence-corrected chi connectivity index (χ3v) is 2.25. The zero-order valence-electron chi connectivity index (χ0n) is 9.75. The minimum absolute atomic E-state index is 0.0706. The zero-order chi connectivity index (χ0) is 11.8. The highest BCUT2D eigenvalue weighted by Gasteiger charge is 2.17. The molecule has 0 spiro atoms. The zero-order valence-corrected chi connectivity index (χ0v) is 9.75. The third kappa shape index (κ3) is 5.37. The van der Waals surface area contributed by atoms with Crippen molar-refractivity contribution in [3.8, 4) is 0 Å². The number of amides is 2. The van der Waals surface area contributed by atoms with E-state index in [1.807, 2.05) is 6.92 Å². The minimum atomic E-state index is -0.440. The highest BCUT2D eigenvalue weighted by atomic mass is 16.2. The number of nitrogens with zero attached hydrogens (tertiary/aromatic N) is 1. The maximum atomic E-state index is 11.6. The second kappa shape index (κ2) is 7.23. The highest BCUT2D eigenvalue weighted by molar-refractivity contribution is 5.82. The first-order valence-electron chi connectivity index (χ1n) is 5.24. The second-order valence-electron chi connectivity index (χ2n) is 3.58. The molecule has 0 bridgehead atoms. The van der Waals surface area contributed by atoms with Gasteiger partial charge < -0.3 is 16.0 Å². The van der Waals surface area contributed by atoms with E-state index in [9.17, 15) is 9.59 Å². The monoisotopic (exact) mass is 215 g/mol. The summed E-state index contributed by atoms with van der Waals surface area (Å²) in [5.41, 5.74) is 5.68. The number of hydrogen-bond acceptors (Lipinski definition) is 3. The molecule has 5 nitrogen and oxygen atoms in total. The van der Waals surface area contributed by atoms with Gasteiger partial charge in [-0.15, -0.1) is 0 Å². The molecule has 0 saturated heterocycles. The van der Waals surface area contributed by atoms with E-state index in [4.69, 9.17) is 5.73 Å². The predicted octanol–water partition coefficient (Wildman–Crippen LogP) is -0.292. The van der Waals surface area contributed by atoms with Gasteiger partial charge in [0.15, 0.2) is 0 Å². The van der Waals surface area contributed by atoms with Gasteiger partial charge in [-0.1, -0.05) is 13.3 Å². The minimum Gasteiger partial charge on any atom is -0.359 e. The van der Waals surface area contributed by atoms with Crippen LogP contribution in [0.4, 0.5) is 0 Å². The number of carbonyl (C=O) groups excluding carboxylic acids is 2. The summed E-state index contributed by atoms with van der Waals surface area (Å²) < 4.78 is 0. The molecule has 0 aliphatic carbocycles. The first kappa shape index (κ1) is 13.9. The Morgan fingerprint density at radius 2 is 2.07 bits per heavy atom. The lowest BCUT2D eigenvalue weighted by Crippen LogP contribution is -2.42. The average Bonchev–Trinajstić information content (AvgIpc) is 2.24. The fourth-order valence-corrected chi connectivity index (χ4v) is 1.22. The number of carbonyl (C=O) groups is 2. The Balaban J connectivity index is 3.93. The van der Waals surface area contributed by atoms with Crippen molar-refractivity contribution in [3.05, 3.63) is 0 Å². The fraction of sp³-hybridized carbons (Fsp3) is 0.800. The van der Waals surface area contributed by atoms with Crippen LogP contribution in [0.2, 0.25) is 0 Å². The normalized spacial score (nSPS) is 12.0. The Morgan fingerprint density at radius 3 is 2.53 bits per heavy atom. The molecule has 15 heavy (non-hydrogen) atoms.